The number of anilines is 1. The molecule has 38 heavy (non-hydrogen) atoms. The second-order valence-corrected chi connectivity index (χ2v) is 11.1. The van der Waals surface area contributed by atoms with Crippen LogP contribution in [0, 0.1) is 6.92 Å². The number of hydrogen-bond acceptors (Lipinski definition) is 8. The summed E-state index contributed by atoms with van der Waals surface area (Å²) in [5.41, 5.74) is 1.99. The average Bonchev–Trinajstić information content (AvgIpc) is 3.19. The van der Waals surface area contributed by atoms with Gasteiger partial charge in [0.2, 0.25) is 5.91 Å². The number of ether oxygens (including phenoxy) is 3. The highest BCUT2D eigenvalue weighted by atomic mass is 16.7. The van der Waals surface area contributed by atoms with Crippen LogP contribution in [0.1, 0.15) is 38.8 Å². The summed E-state index contributed by atoms with van der Waals surface area (Å²) in [4.78, 5) is 46.2. The summed E-state index contributed by atoms with van der Waals surface area (Å²) in [6.07, 6.45) is 3.37. The molecule has 12 nitrogen and oxygen atoms in total. The molecule has 0 unspecified atom stereocenters. The number of urea groups is 1. The van der Waals surface area contributed by atoms with Gasteiger partial charge < -0.3 is 23.7 Å². The van der Waals surface area contributed by atoms with Crippen molar-refractivity contribution < 1.29 is 28.6 Å². The molecule has 0 aliphatic carbocycles. The predicted octanol–water partition coefficient (Wildman–Crippen LogP) is 2.26. The fourth-order valence-electron chi connectivity index (χ4n) is 4.97. The van der Waals surface area contributed by atoms with Crippen LogP contribution in [0.5, 0.6) is 0 Å². The van der Waals surface area contributed by atoms with Crippen molar-refractivity contribution >= 4 is 34.8 Å². The van der Waals surface area contributed by atoms with Crippen LogP contribution in [0.15, 0.2) is 18.5 Å². The largest absolute Gasteiger partial charge is 0.444 e. The first-order chi connectivity index (χ1) is 18.1. The number of nitrogens with zero attached hydrogens (tertiary/aromatic N) is 5. The number of amides is 4. The molecular formula is C26H36N6O6. The smallest absolute Gasteiger partial charge is 0.410 e. The van der Waals surface area contributed by atoms with Crippen LogP contribution in [0.2, 0.25) is 0 Å². The lowest BCUT2D eigenvalue weighted by atomic mass is 10.2. The molecule has 2 aromatic rings. The molecule has 5 rings (SSSR count). The highest BCUT2D eigenvalue weighted by molar-refractivity contribution is 6.06. The highest BCUT2D eigenvalue weighted by Gasteiger charge is 2.31. The molecule has 3 aliphatic heterocycles. The number of fused-ring (bicyclic) bond motifs is 1. The summed E-state index contributed by atoms with van der Waals surface area (Å²) < 4.78 is 19.7. The third-order valence-electron chi connectivity index (χ3n) is 6.99. The van der Waals surface area contributed by atoms with Crippen LogP contribution < -0.4 is 10.2 Å². The van der Waals surface area contributed by atoms with Crippen molar-refractivity contribution in [3.63, 3.8) is 0 Å². The van der Waals surface area contributed by atoms with E-state index in [0.29, 0.717) is 45.1 Å². The first-order valence-electron chi connectivity index (χ1n) is 13.1. The molecule has 0 spiro atoms. The minimum Gasteiger partial charge on any atom is -0.444 e. The fraction of sp³-hybridized carbons (Fsp3) is 0.615. The molecule has 0 saturated carbocycles. The van der Waals surface area contributed by atoms with Crippen molar-refractivity contribution in [3.05, 3.63) is 24.0 Å². The molecule has 3 aliphatic rings. The SMILES string of the molecule is Cc1cn(C2COC(CN3CCN(C(=O)OC(C)(C)C)CC3)OC2)c2ncc(N3CCC(=O)NC3=O)cc12. The third kappa shape index (κ3) is 5.77. The molecule has 206 valence electrons. The summed E-state index contributed by atoms with van der Waals surface area (Å²) in [6.45, 7) is 12.3. The Morgan fingerprint density at radius 3 is 2.50 bits per heavy atom. The molecule has 1 N–H and O–H groups in total. The van der Waals surface area contributed by atoms with Crippen LogP contribution in [-0.4, -0.2) is 102 Å². The maximum absolute atomic E-state index is 12.3. The normalized spacial score (nSPS) is 23.6. The lowest BCUT2D eigenvalue weighted by Crippen LogP contribution is -2.52. The Labute approximate surface area is 221 Å². The number of aromatic nitrogens is 2. The lowest BCUT2D eigenvalue weighted by Gasteiger charge is -2.38. The molecule has 12 heteroatoms. The number of pyridine rings is 1. The quantitative estimate of drug-likeness (QED) is 0.642. The van der Waals surface area contributed by atoms with Crippen molar-refractivity contribution in [3.8, 4) is 0 Å². The summed E-state index contributed by atoms with van der Waals surface area (Å²) >= 11 is 0. The van der Waals surface area contributed by atoms with E-state index in [0.717, 1.165) is 29.7 Å². The van der Waals surface area contributed by atoms with Gasteiger partial charge in [-0.25, -0.2) is 14.6 Å². The zero-order valence-electron chi connectivity index (χ0n) is 22.4. The molecule has 0 bridgehead atoms. The summed E-state index contributed by atoms with van der Waals surface area (Å²) in [5.74, 6) is -0.263. The van der Waals surface area contributed by atoms with Gasteiger partial charge in [-0.05, 0) is 39.3 Å². The van der Waals surface area contributed by atoms with E-state index in [2.05, 4.69) is 19.8 Å². The molecule has 3 saturated heterocycles. The number of carbonyl (C=O) groups excluding carboxylic acids is 3. The number of hydrogen-bond donors (Lipinski definition) is 1. The standard InChI is InChI=1S/C26H36N6O6/c1-17-13-32(23-20(17)11-18(12-27-23)31-6-5-21(33)28-24(31)34)19-15-36-22(37-16-19)14-29-7-9-30(10-8-29)25(35)38-26(2,3)4/h11-13,19,22H,5-10,14-16H2,1-4H3,(H,28,33,34). The van der Waals surface area contributed by atoms with Gasteiger partial charge in [0.15, 0.2) is 6.29 Å². The van der Waals surface area contributed by atoms with Gasteiger partial charge in [0, 0.05) is 57.3 Å². The van der Waals surface area contributed by atoms with Gasteiger partial charge in [-0.1, -0.05) is 0 Å². The highest BCUT2D eigenvalue weighted by Crippen LogP contribution is 2.29. The number of piperazine rings is 1. The summed E-state index contributed by atoms with van der Waals surface area (Å²) in [6, 6.07) is 1.49. The number of carbonyl (C=O) groups is 3. The molecule has 2 aromatic heterocycles. The maximum Gasteiger partial charge on any atom is 0.410 e. The maximum atomic E-state index is 12.3. The minimum absolute atomic E-state index is 0.0271. The molecular weight excluding hydrogens is 492 g/mol. The number of aryl methyl sites for hydroxylation is 1. The topological polar surface area (TPSA) is 118 Å². The van der Waals surface area contributed by atoms with Crippen molar-refractivity contribution in [1.82, 2.24) is 24.7 Å². The molecule has 5 heterocycles. The third-order valence-corrected chi connectivity index (χ3v) is 6.99. The monoisotopic (exact) mass is 528 g/mol. The average molecular weight is 529 g/mol. The zero-order chi connectivity index (χ0) is 27.0. The Bertz CT molecular complexity index is 1210. The lowest BCUT2D eigenvalue weighted by molar-refractivity contribution is -0.204. The van der Waals surface area contributed by atoms with Crippen LogP contribution in [0.25, 0.3) is 11.0 Å². The van der Waals surface area contributed by atoms with Crippen LogP contribution in [0.4, 0.5) is 15.3 Å². The number of rotatable bonds is 4. The summed E-state index contributed by atoms with van der Waals surface area (Å²) in [7, 11) is 0. The zero-order valence-corrected chi connectivity index (χ0v) is 22.4. The van der Waals surface area contributed by atoms with Crippen LogP contribution >= 0.6 is 0 Å². The van der Waals surface area contributed by atoms with Gasteiger partial charge in [0.25, 0.3) is 0 Å². The van der Waals surface area contributed by atoms with E-state index >= 15 is 0 Å². The van der Waals surface area contributed by atoms with E-state index in [9.17, 15) is 14.4 Å². The molecule has 3 fully saturated rings. The van der Waals surface area contributed by atoms with Crippen molar-refractivity contribution in [2.75, 3.05) is 57.4 Å². The molecule has 4 amide bonds. The Morgan fingerprint density at radius 1 is 1.13 bits per heavy atom. The number of imide groups is 1. The van der Waals surface area contributed by atoms with E-state index in [4.69, 9.17) is 14.2 Å². The van der Waals surface area contributed by atoms with E-state index in [1.54, 1.807) is 11.1 Å². The van der Waals surface area contributed by atoms with E-state index in [-0.39, 0.29) is 30.8 Å². The Hall–Kier alpha value is -3.22. The minimum atomic E-state index is -0.499. The van der Waals surface area contributed by atoms with Gasteiger partial charge in [0.05, 0.1) is 31.1 Å². The predicted molar refractivity (Wildman–Crippen MR) is 139 cm³/mol. The molecule has 0 aromatic carbocycles. The Balaban J connectivity index is 1.15. The van der Waals surface area contributed by atoms with Gasteiger partial charge in [-0.2, -0.15) is 0 Å². The van der Waals surface area contributed by atoms with Gasteiger partial charge in [-0.15, -0.1) is 0 Å². The Morgan fingerprint density at radius 2 is 1.84 bits per heavy atom. The van der Waals surface area contributed by atoms with Gasteiger partial charge in [-0.3, -0.25) is 19.9 Å². The summed E-state index contributed by atoms with van der Waals surface area (Å²) in [5, 5.41) is 3.29. The van der Waals surface area contributed by atoms with Gasteiger partial charge >= 0.3 is 12.1 Å². The van der Waals surface area contributed by atoms with Crippen molar-refractivity contribution in [2.24, 2.45) is 0 Å². The molecule has 0 atom stereocenters. The number of nitrogens with one attached hydrogen (secondary N) is 1. The first kappa shape index (κ1) is 26.4. The van der Waals surface area contributed by atoms with Crippen LogP contribution in [0.3, 0.4) is 0 Å². The van der Waals surface area contributed by atoms with E-state index in [1.807, 2.05) is 40.0 Å². The second-order valence-electron chi connectivity index (χ2n) is 11.1. The van der Waals surface area contributed by atoms with Crippen molar-refractivity contribution in [2.45, 2.75) is 52.0 Å². The molecule has 0 radical (unpaired) electrons. The first-order valence-corrected chi connectivity index (χ1v) is 13.1. The fourth-order valence-corrected chi connectivity index (χ4v) is 4.97. The van der Waals surface area contributed by atoms with E-state index in [1.165, 1.54) is 4.90 Å². The van der Waals surface area contributed by atoms with Gasteiger partial charge in [0.1, 0.15) is 11.2 Å². The second kappa shape index (κ2) is 10.5. The van der Waals surface area contributed by atoms with E-state index < -0.39 is 11.6 Å². The van der Waals surface area contributed by atoms with Crippen LogP contribution in [-0.2, 0) is 19.0 Å². The van der Waals surface area contributed by atoms with Crippen molar-refractivity contribution in [1.29, 1.82) is 0 Å². The Kier molecular flexibility index (Phi) is 7.30.